The molecule has 0 aromatic heterocycles. The van der Waals surface area contributed by atoms with E-state index in [2.05, 4.69) is 0 Å². The fourth-order valence-corrected chi connectivity index (χ4v) is 0. The summed E-state index contributed by atoms with van der Waals surface area (Å²) < 4.78 is 0. The molecule has 0 heterocycles. The minimum Gasteiger partial charge on any atom is 0 e. The third-order valence-electron chi connectivity index (χ3n) is 0. The van der Waals surface area contributed by atoms with E-state index in [-0.39, 0.29) is 63.6 Å². The zero-order chi connectivity index (χ0) is 0. The molecule has 0 N–H and O–H groups in total. The average molecular weight is 221 g/mol. The molecule has 0 aromatic carbocycles. The molecule has 0 atom stereocenters. The second kappa shape index (κ2) is 21.5. The Hall–Kier alpha value is 1.79. The van der Waals surface area contributed by atoms with Gasteiger partial charge in [0, 0.05) is 55.2 Å². The van der Waals surface area contributed by atoms with E-state index in [9.17, 15) is 0 Å². The van der Waals surface area contributed by atoms with E-state index in [4.69, 9.17) is 0 Å². The molecule has 0 saturated heterocycles. The molecular weight excluding hydrogens is 218 g/mol. The van der Waals surface area contributed by atoms with Gasteiger partial charge >= 0.3 is 0 Å². The third kappa shape index (κ3) is 9.20. The monoisotopic (exact) mass is 223 g/mol. The Morgan fingerprint density at radius 3 is 1.00 bits per heavy atom. The van der Waals surface area contributed by atoms with Gasteiger partial charge in [0.15, 0.2) is 0 Å². The molecular formula is H3BCoCrMo. The topological polar surface area (TPSA) is 0 Å². The van der Waals surface area contributed by atoms with Gasteiger partial charge in [0.05, 0.1) is 8.41 Å². The van der Waals surface area contributed by atoms with E-state index in [1.54, 1.807) is 0 Å². The summed E-state index contributed by atoms with van der Waals surface area (Å²) in [6.45, 7) is 0. The standard InChI is InChI=1S/BH3.Co.Cr.Mo/h1H3;;;. The van der Waals surface area contributed by atoms with Crippen LogP contribution < -0.4 is 0 Å². The molecule has 1 radical (unpaired) electrons. The van der Waals surface area contributed by atoms with Gasteiger partial charge in [-0.3, -0.25) is 0 Å². The molecule has 0 aliphatic heterocycles. The van der Waals surface area contributed by atoms with Crippen molar-refractivity contribution in [2.24, 2.45) is 0 Å². The van der Waals surface area contributed by atoms with Crippen LogP contribution in [0.4, 0.5) is 0 Å². The molecule has 0 bridgehead atoms. The van der Waals surface area contributed by atoms with Gasteiger partial charge in [-0.15, -0.1) is 0 Å². The van der Waals surface area contributed by atoms with Gasteiger partial charge in [0.1, 0.15) is 0 Å². The van der Waals surface area contributed by atoms with Crippen LogP contribution in [0, 0.1) is 0 Å². The Morgan fingerprint density at radius 1 is 1.00 bits per heavy atom. The van der Waals surface area contributed by atoms with Gasteiger partial charge in [-0.25, -0.2) is 0 Å². The summed E-state index contributed by atoms with van der Waals surface area (Å²) in [7, 11) is 0. The Labute approximate surface area is 63.3 Å². The van der Waals surface area contributed by atoms with Crippen LogP contribution in [0.2, 0.25) is 0 Å². The van der Waals surface area contributed by atoms with E-state index >= 15 is 0 Å². The maximum Gasteiger partial charge on any atom is 0.0814 e. The van der Waals surface area contributed by atoms with Crippen LogP contribution in [-0.2, 0) is 55.2 Å². The van der Waals surface area contributed by atoms with Crippen molar-refractivity contribution in [3.63, 3.8) is 0 Å². The largest absolute Gasteiger partial charge is 0.0814 e. The fourth-order valence-electron chi connectivity index (χ4n) is 0. The van der Waals surface area contributed by atoms with Crippen LogP contribution in [0.25, 0.3) is 0 Å². The molecule has 27 valence electrons. The van der Waals surface area contributed by atoms with Crippen molar-refractivity contribution < 1.29 is 55.2 Å². The smallest absolute Gasteiger partial charge is 0 e. The maximum atomic E-state index is 0. The van der Waals surface area contributed by atoms with E-state index in [0.717, 1.165) is 0 Å². The van der Waals surface area contributed by atoms with Gasteiger partial charge in [0.2, 0.25) is 0 Å². The Morgan fingerprint density at radius 2 is 1.00 bits per heavy atom. The third-order valence-corrected chi connectivity index (χ3v) is 0. The van der Waals surface area contributed by atoms with Crippen LogP contribution in [-0.4, -0.2) is 8.41 Å². The molecule has 0 spiro atoms. The molecule has 0 unspecified atom stereocenters. The predicted molar refractivity (Wildman–Crippen MR) is 9.94 cm³/mol. The van der Waals surface area contributed by atoms with Crippen LogP contribution in [0.1, 0.15) is 0 Å². The summed E-state index contributed by atoms with van der Waals surface area (Å²) in [5.41, 5.74) is 0. The molecule has 0 amide bonds. The minimum absolute atomic E-state index is 0. The summed E-state index contributed by atoms with van der Waals surface area (Å²) in [6.07, 6.45) is 0. The first-order valence-electron chi connectivity index (χ1n) is 0. The van der Waals surface area contributed by atoms with Crippen molar-refractivity contribution in [2.45, 2.75) is 0 Å². The van der Waals surface area contributed by atoms with Crippen molar-refractivity contribution >= 4 is 8.41 Å². The molecule has 0 aromatic rings. The van der Waals surface area contributed by atoms with E-state index in [1.807, 2.05) is 0 Å². The molecule has 0 rings (SSSR count). The SMILES string of the molecule is B.[Co].[Cr].[Mo]. The van der Waals surface area contributed by atoms with Crippen molar-refractivity contribution in [3.05, 3.63) is 0 Å². The first kappa shape index (κ1) is 41.4. The van der Waals surface area contributed by atoms with Gasteiger partial charge in [-0.1, -0.05) is 0 Å². The van der Waals surface area contributed by atoms with E-state index in [1.165, 1.54) is 0 Å². The van der Waals surface area contributed by atoms with Gasteiger partial charge in [-0.05, 0) is 0 Å². The van der Waals surface area contributed by atoms with Gasteiger partial charge in [0.25, 0.3) is 0 Å². The van der Waals surface area contributed by atoms with Crippen LogP contribution >= 0.6 is 0 Å². The number of rotatable bonds is 0. The molecule has 0 aliphatic rings. The molecule has 0 saturated carbocycles. The van der Waals surface area contributed by atoms with Crippen molar-refractivity contribution in [3.8, 4) is 0 Å². The summed E-state index contributed by atoms with van der Waals surface area (Å²) >= 11 is 0. The van der Waals surface area contributed by atoms with E-state index < -0.39 is 0 Å². The maximum absolute atomic E-state index is 0. The Balaban J connectivity index is 0. The summed E-state index contributed by atoms with van der Waals surface area (Å²) in [4.78, 5) is 0. The molecule has 4 heavy (non-hydrogen) atoms. The molecule has 0 nitrogen and oxygen atoms in total. The van der Waals surface area contributed by atoms with E-state index in [0.29, 0.717) is 0 Å². The first-order chi connectivity index (χ1) is 0. The van der Waals surface area contributed by atoms with Crippen LogP contribution in [0.3, 0.4) is 0 Å². The minimum atomic E-state index is 0. The molecule has 0 fully saturated rings. The average Bonchev–Trinajstić information content (AvgIpc) is 0. The van der Waals surface area contributed by atoms with Crippen LogP contribution in [0.5, 0.6) is 0 Å². The number of hydrogen-bond donors (Lipinski definition) is 0. The summed E-state index contributed by atoms with van der Waals surface area (Å²) in [6, 6.07) is 0. The Bertz CT molecular complexity index is 8.00. The van der Waals surface area contributed by atoms with Gasteiger partial charge in [-0.2, -0.15) is 0 Å². The second-order valence-electron chi connectivity index (χ2n) is 0. The van der Waals surface area contributed by atoms with Crippen molar-refractivity contribution in [1.82, 2.24) is 0 Å². The second-order valence-corrected chi connectivity index (χ2v) is 0. The first-order valence-corrected chi connectivity index (χ1v) is 0. The molecule has 4 heteroatoms. The van der Waals surface area contributed by atoms with Crippen LogP contribution in [0.15, 0.2) is 0 Å². The zero-order valence-electron chi connectivity index (χ0n) is 1.15. The molecule has 0 aliphatic carbocycles. The summed E-state index contributed by atoms with van der Waals surface area (Å²) in [5.74, 6) is 0. The van der Waals surface area contributed by atoms with Crippen molar-refractivity contribution in [2.75, 3.05) is 0 Å². The normalized spacial score (nSPS) is 0. The number of hydrogen-bond acceptors (Lipinski definition) is 0. The van der Waals surface area contributed by atoms with Crippen molar-refractivity contribution in [1.29, 1.82) is 0 Å². The van der Waals surface area contributed by atoms with Gasteiger partial charge < -0.3 is 0 Å². The fraction of sp³-hybridized carbons (Fsp3) is 0. The quantitative estimate of drug-likeness (QED) is 0.451. The predicted octanol–water partition coefficient (Wildman–Crippen LogP) is -1.19. The summed E-state index contributed by atoms with van der Waals surface area (Å²) in [5, 5.41) is 0. The zero-order valence-corrected chi connectivity index (χ0v) is 5.47. The Kier molecular flexibility index (Phi) is 222.